The zero-order valence-corrected chi connectivity index (χ0v) is 14.7. The molecule has 0 aliphatic heterocycles. The summed E-state index contributed by atoms with van der Waals surface area (Å²) in [7, 11) is -3.37. The first-order valence-electron chi connectivity index (χ1n) is 7.33. The number of sulfonamides is 1. The Balaban J connectivity index is 1.93. The van der Waals surface area contributed by atoms with Gasteiger partial charge in [0.15, 0.2) is 0 Å². The smallest absolute Gasteiger partial charge is 0.229 e. The number of thioether (sulfide) groups is 1. The van der Waals surface area contributed by atoms with Gasteiger partial charge in [-0.15, -0.1) is 11.8 Å². The number of hydrogen-bond donors (Lipinski definition) is 2. The van der Waals surface area contributed by atoms with Gasteiger partial charge in [0.25, 0.3) is 0 Å². The molecule has 4 nitrogen and oxygen atoms in total. The average molecular weight is 359 g/mol. The monoisotopic (exact) mass is 359 g/mol. The van der Waals surface area contributed by atoms with Gasteiger partial charge >= 0.3 is 0 Å². The third-order valence-electron chi connectivity index (χ3n) is 3.55. The van der Waals surface area contributed by atoms with E-state index in [1.807, 2.05) is 42.5 Å². The maximum absolute atomic E-state index is 11.5. The fourth-order valence-electron chi connectivity index (χ4n) is 2.47. The van der Waals surface area contributed by atoms with Crippen molar-refractivity contribution in [3.8, 4) is 5.75 Å². The maximum atomic E-state index is 11.5. The van der Waals surface area contributed by atoms with Gasteiger partial charge in [-0.3, -0.25) is 4.72 Å². The highest BCUT2D eigenvalue weighted by Gasteiger charge is 2.11. The zero-order chi connectivity index (χ0) is 17.2. The first kappa shape index (κ1) is 16.7. The van der Waals surface area contributed by atoms with Crippen molar-refractivity contribution in [3.63, 3.8) is 0 Å². The van der Waals surface area contributed by atoms with Crippen molar-refractivity contribution in [1.82, 2.24) is 0 Å². The van der Waals surface area contributed by atoms with E-state index in [4.69, 9.17) is 0 Å². The molecule has 0 bridgehead atoms. The van der Waals surface area contributed by atoms with Gasteiger partial charge in [0, 0.05) is 27.0 Å². The normalized spacial score (nSPS) is 11.5. The van der Waals surface area contributed by atoms with Crippen LogP contribution < -0.4 is 4.72 Å². The number of fused-ring (bicyclic) bond motifs is 1. The van der Waals surface area contributed by atoms with Gasteiger partial charge in [-0.25, -0.2) is 8.42 Å². The SMILES string of the molecule is CS(=O)(=O)Nc1cccc2c(O)c(CSc3ccccc3)ccc12. The van der Waals surface area contributed by atoms with E-state index in [-0.39, 0.29) is 5.75 Å². The molecule has 3 aromatic carbocycles. The molecule has 0 saturated heterocycles. The minimum absolute atomic E-state index is 0.188. The van der Waals surface area contributed by atoms with Gasteiger partial charge in [0.1, 0.15) is 5.75 Å². The summed E-state index contributed by atoms with van der Waals surface area (Å²) in [5.74, 6) is 0.822. The largest absolute Gasteiger partial charge is 0.507 e. The summed E-state index contributed by atoms with van der Waals surface area (Å²) >= 11 is 1.64. The summed E-state index contributed by atoms with van der Waals surface area (Å²) in [5, 5.41) is 11.9. The van der Waals surface area contributed by atoms with Crippen molar-refractivity contribution in [3.05, 3.63) is 66.2 Å². The van der Waals surface area contributed by atoms with Crippen molar-refractivity contribution >= 4 is 38.2 Å². The summed E-state index contributed by atoms with van der Waals surface area (Å²) < 4.78 is 25.4. The van der Waals surface area contributed by atoms with Crippen LogP contribution in [0.25, 0.3) is 10.8 Å². The molecule has 24 heavy (non-hydrogen) atoms. The fraction of sp³-hybridized carbons (Fsp3) is 0.111. The molecule has 0 radical (unpaired) electrons. The van der Waals surface area contributed by atoms with Gasteiger partial charge < -0.3 is 5.11 Å². The highest BCUT2D eigenvalue weighted by molar-refractivity contribution is 7.98. The summed E-state index contributed by atoms with van der Waals surface area (Å²) in [5.41, 5.74) is 1.28. The van der Waals surface area contributed by atoms with E-state index in [1.165, 1.54) is 0 Å². The molecule has 0 aromatic heterocycles. The van der Waals surface area contributed by atoms with Crippen LogP contribution in [0, 0.1) is 0 Å². The first-order valence-corrected chi connectivity index (χ1v) is 10.2. The molecule has 0 aliphatic rings. The van der Waals surface area contributed by atoms with Crippen LogP contribution in [-0.2, 0) is 15.8 Å². The highest BCUT2D eigenvalue weighted by Crippen LogP contribution is 2.36. The summed E-state index contributed by atoms with van der Waals surface area (Å²) in [6, 6.07) is 18.8. The third kappa shape index (κ3) is 3.83. The van der Waals surface area contributed by atoms with Crippen LogP contribution in [0.1, 0.15) is 5.56 Å². The first-order chi connectivity index (χ1) is 11.4. The molecule has 124 valence electrons. The van der Waals surface area contributed by atoms with Crippen LogP contribution in [0.3, 0.4) is 0 Å². The molecule has 0 spiro atoms. The number of nitrogens with one attached hydrogen (secondary N) is 1. The number of hydrogen-bond acceptors (Lipinski definition) is 4. The Labute approximate surface area is 145 Å². The number of benzene rings is 3. The van der Waals surface area contributed by atoms with Gasteiger partial charge in [-0.05, 0) is 18.2 Å². The maximum Gasteiger partial charge on any atom is 0.229 e. The molecule has 0 unspecified atom stereocenters. The summed E-state index contributed by atoms with van der Waals surface area (Å²) in [4.78, 5) is 1.13. The Morgan fingerprint density at radius 3 is 2.42 bits per heavy atom. The van der Waals surface area contributed by atoms with Crippen molar-refractivity contribution in [2.24, 2.45) is 0 Å². The van der Waals surface area contributed by atoms with Crippen LogP contribution in [0.5, 0.6) is 5.75 Å². The van der Waals surface area contributed by atoms with Crippen molar-refractivity contribution in [2.45, 2.75) is 10.6 Å². The van der Waals surface area contributed by atoms with Crippen molar-refractivity contribution < 1.29 is 13.5 Å². The predicted octanol–water partition coefficient (Wildman–Crippen LogP) is 4.21. The Hall–Kier alpha value is -2.18. The summed E-state index contributed by atoms with van der Waals surface area (Å²) in [6.45, 7) is 0. The lowest BCUT2D eigenvalue weighted by atomic mass is 10.0. The average Bonchev–Trinajstić information content (AvgIpc) is 2.54. The predicted molar refractivity (Wildman–Crippen MR) is 100 cm³/mol. The van der Waals surface area contributed by atoms with Crippen molar-refractivity contribution in [1.29, 1.82) is 0 Å². The standard InChI is InChI=1S/C18H17NO3S2/c1-24(21,22)19-17-9-5-8-16-15(17)11-10-13(18(16)20)12-23-14-6-3-2-4-7-14/h2-11,19-20H,12H2,1H3. The van der Waals surface area contributed by atoms with E-state index in [0.717, 1.165) is 16.7 Å². The second-order valence-corrected chi connectivity index (χ2v) is 8.25. The fourth-order valence-corrected chi connectivity index (χ4v) is 3.95. The molecule has 3 rings (SSSR count). The molecule has 2 N–H and O–H groups in total. The quantitative estimate of drug-likeness (QED) is 0.670. The lowest BCUT2D eigenvalue weighted by Crippen LogP contribution is -2.09. The number of anilines is 1. The van der Waals surface area contributed by atoms with Gasteiger partial charge in [0.05, 0.1) is 11.9 Å². The number of rotatable bonds is 5. The number of phenols is 1. The second kappa shape index (κ2) is 6.75. The number of aromatic hydroxyl groups is 1. The van der Waals surface area contributed by atoms with E-state index in [1.54, 1.807) is 30.0 Å². The van der Waals surface area contributed by atoms with Gasteiger partial charge in [-0.2, -0.15) is 0 Å². The molecule has 0 saturated carbocycles. The molecular formula is C18H17NO3S2. The third-order valence-corrected chi connectivity index (χ3v) is 5.20. The molecule has 3 aromatic rings. The molecule has 6 heteroatoms. The Morgan fingerprint density at radius 1 is 0.958 bits per heavy atom. The molecule has 0 amide bonds. The van der Waals surface area contributed by atoms with E-state index in [9.17, 15) is 13.5 Å². The van der Waals surface area contributed by atoms with Crippen LogP contribution in [0.2, 0.25) is 0 Å². The molecule has 0 fully saturated rings. The van der Waals surface area contributed by atoms with E-state index in [2.05, 4.69) is 4.72 Å². The number of phenolic OH excluding ortho intramolecular Hbond substituents is 1. The van der Waals surface area contributed by atoms with Crippen LogP contribution >= 0.6 is 11.8 Å². The Bertz CT molecular complexity index is 970. The zero-order valence-electron chi connectivity index (χ0n) is 13.1. The Kier molecular flexibility index (Phi) is 4.69. The highest BCUT2D eigenvalue weighted by atomic mass is 32.2. The second-order valence-electron chi connectivity index (χ2n) is 5.45. The van der Waals surface area contributed by atoms with E-state index < -0.39 is 10.0 Å². The van der Waals surface area contributed by atoms with Crippen LogP contribution in [0.15, 0.2) is 65.6 Å². The van der Waals surface area contributed by atoms with Crippen molar-refractivity contribution in [2.75, 3.05) is 11.0 Å². The lowest BCUT2D eigenvalue weighted by Gasteiger charge is -2.12. The summed E-state index contributed by atoms with van der Waals surface area (Å²) in [6.07, 6.45) is 1.11. The van der Waals surface area contributed by atoms with E-state index >= 15 is 0 Å². The Morgan fingerprint density at radius 2 is 1.71 bits per heavy atom. The van der Waals surface area contributed by atoms with Gasteiger partial charge in [-0.1, -0.05) is 42.5 Å². The van der Waals surface area contributed by atoms with Crippen LogP contribution in [0.4, 0.5) is 5.69 Å². The molecular weight excluding hydrogens is 342 g/mol. The minimum atomic E-state index is -3.37. The van der Waals surface area contributed by atoms with Gasteiger partial charge in [0.2, 0.25) is 10.0 Å². The van der Waals surface area contributed by atoms with E-state index in [0.29, 0.717) is 22.2 Å². The molecule has 0 heterocycles. The lowest BCUT2D eigenvalue weighted by molar-refractivity contribution is 0.477. The molecule has 0 aliphatic carbocycles. The van der Waals surface area contributed by atoms with Crippen LogP contribution in [-0.4, -0.2) is 19.8 Å². The topological polar surface area (TPSA) is 66.4 Å². The minimum Gasteiger partial charge on any atom is -0.507 e. The molecule has 0 atom stereocenters.